The zero-order valence-corrected chi connectivity index (χ0v) is 7.47. The van der Waals surface area contributed by atoms with Crippen LogP contribution in [0.1, 0.15) is 12.8 Å². The highest BCUT2D eigenvalue weighted by atomic mass is 35.5. The number of anilines is 2. The van der Waals surface area contributed by atoms with Crippen molar-refractivity contribution in [3.8, 4) is 0 Å². The Labute approximate surface area is 77.8 Å². The minimum absolute atomic E-state index is 0. The molecular weight excluding hydrogens is 174 g/mol. The topological polar surface area (TPSA) is 50.9 Å². The molecule has 1 aliphatic rings. The summed E-state index contributed by atoms with van der Waals surface area (Å²) < 4.78 is 0. The van der Waals surface area contributed by atoms with Crippen LogP contribution in [0.3, 0.4) is 0 Å². The smallest absolute Gasteiger partial charge is 0.146 e. The first-order chi connectivity index (χ1) is 5.36. The molecule has 1 aromatic heterocycles. The standard InChI is InChI=1S/C8H11N3.ClH/c9-8-7(2-1-5-10-8)11-6-3-4-6;/h1-2,5-6,11H,3-4H2,(H2,9,10);1H. The first-order valence-corrected chi connectivity index (χ1v) is 3.83. The van der Waals surface area contributed by atoms with E-state index in [4.69, 9.17) is 5.73 Å². The number of nitrogens with one attached hydrogen (secondary N) is 1. The molecule has 0 bridgehead atoms. The van der Waals surface area contributed by atoms with Crippen molar-refractivity contribution in [3.05, 3.63) is 18.3 Å². The maximum atomic E-state index is 5.62. The molecule has 0 spiro atoms. The molecular formula is C8H12ClN3. The minimum atomic E-state index is 0. The molecule has 4 heteroatoms. The van der Waals surface area contributed by atoms with Gasteiger partial charge in [-0.3, -0.25) is 0 Å². The largest absolute Gasteiger partial charge is 0.382 e. The number of hydrogen-bond donors (Lipinski definition) is 2. The molecule has 0 radical (unpaired) electrons. The van der Waals surface area contributed by atoms with Gasteiger partial charge in [-0.1, -0.05) is 0 Å². The number of pyridine rings is 1. The molecule has 1 heterocycles. The van der Waals surface area contributed by atoms with Gasteiger partial charge in [0.2, 0.25) is 0 Å². The fourth-order valence-electron chi connectivity index (χ4n) is 0.987. The van der Waals surface area contributed by atoms with Gasteiger partial charge in [0.1, 0.15) is 5.82 Å². The molecule has 1 saturated carbocycles. The maximum Gasteiger partial charge on any atom is 0.146 e. The number of hydrogen-bond acceptors (Lipinski definition) is 3. The molecule has 3 N–H and O–H groups in total. The van der Waals surface area contributed by atoms with Crippen molar-refractivity contribution in [1.82, 2.24) is 4.98 Å². The predicted molar refractivity (Wildman–Crippen MR) is 52.5 cm³/mol. The van der Waals surface area contributed by atoms with Crippen LogP contribution in [-0.4, -0.2) is 11.0 Å². The lowest BCUT2D eigenvalue weighted by molar-refractivity contribution is 1.15. The van der Waals surface area contributed by atoms with E-state index in [1.165, 1.54) is 12.8 Å². The van der Waals surface area contributed by atoms with Gasteiger partial charge in [0.15, 0.2) is 0 Å². The van der Waals surface area contributed by atoms with Crippen LogP contribution in [0.5, 0.6) is 0 Å². The van der Waals surface area contributed by atoms with Crippen LogP contribution in [0.4, 0.5) is 11.5 Å². The van der Waals surface area contributed by atoms with Gasteiger partial charge in [-0.25, -0.2) is 4.98 Å². The summed E-state index contributed by atoms with van der Waals surface area (Å²) in [4.78, 5) is 3.98. The van der Waals surface area contributed by atoms with Crippen molar-refractivity contribution in [3.63, 3.8) is 0 Å². The van der Waals surface area contributed by atoms with Crippen molar-refractivity contribution < 1.29 is 0 Å². The van der Waals surface area contributed by atoms with Gasteiger partial charge in [-0.05, 0) is 25.0 Å². The van der Waals surface area contributed by atoms with E-state index in [1.54, 1.807) is 6.20 Å². The van der Waals surface area contributed by atoms with Crippen LogP contribution in [0.25, 0.3) is 0 Å². The molecule has 0 saturated heterocycles. The molecule has 12 heavy (non-hydrogen) atoms. The third-order valence-electron chi connectivity index (χ3n) is 1.78. The summed E-state index contributed by atoms with van der Waals surface area (Å²) >= 11 is 0. The molecule has 1 aromatic rings. The summed E-state index contributed by atoms with van der Waals surface area (Å²) in [5, 5.41) is 3.30. The van der Waals surface area contributed by atoms with Crippen LogP contribution in [0.2, 0.25) is 0 Å². The molecule has 0 amide bonds. The number of nitrogens with two attached hydrogens (primary N) is 1. The second kappa shape index (κ2) is 3.63. The highest BCUT2D eigenvalue weighted by Gasteiger charge is 2.21. The monoisotopic (exact) mass is 185 g/mol. The summed E-state index contributed by atoms with van der Waals surface area (Å²) in [6, 6.07) is 4.49. The zero-order valence-electron chi connectivity index (χ0n) is 6.66. The Kier molecular flexibility index (Phi) is 2.76. The summed E-state index contributed by atoms with van der Waals surface area (Å²) in [6.45, 7) is 0. The SMILES string of the molecule is Cl.Nc1ncccc1NC1CC1. The Morgan fingerprint density at radius 2 is 2.25 bits per heavy atom. The highest BCUT2D eigenvalue weighted by Crippen LogP contribution is 2.26. The van der Waals surface area contributed by atoms with Gasteiger partial charge in [0.25, 0.3) is 0 Å². The maximum absolute atomic E-state index is 5.62. The molecule has 2 rings (SSSR count). The lowest BCUT2D eigenvalue weighted by Gasteiger charge is -2.05. The van der Waals surface area contributed by atoms with Crippen molar-refractivity contribution in [2.75, 3.05) is 11.1 Å². The second-order valence-electron chi connectivity index (χ2n) is 2.85. The summed E-state index contributed by atoms with van der Waals surface area (Å²) in [6.07, 6.45) is 4.22. The number of rotatable bonds is 2. The molecule has 0 aliphatic heterocycles. The van der Waals surface area contributed by atoms with Gasteiger partial charge in [-0.2, -0.15) is 0 Å². The summed E-state index contributed by atoms with van der Waals surface area (Å²) in [5.74, 6) is 0.597. The number of nitrogen functional groups attached to an aromatic ring is 1. The van der Waals surface area contributed by atoms with E-state index in [0.717, 1.165) is 5.69 Å². The highest BCUT2D eigenvalue weighted by molar-refractivity contribution is 5.85. The van der Waals surface area contributed by atoms with Crippen LogP contribution in [-0.2, 0) is 0 Å². The molecule has 1 fully saturated rings. The fourth-order valence-corrected chi connectivity index (χ4v) is 0.987. The first kappa shape index (κ1) is 9.13. The van der Waals surface area contributed by atoms with Crippen molar-refractivity contribution in [2.45, 2.75) is 18.9 Å². The third kappa shape index (κ3) is 2.01. The van der Waals surface area contributed by atoms with Crippen molar-refractivity contribution in [2.24, 2.45) is 0 Å². The number of aromatic nitrogens is 1. The van der Waals surface area contributed by atoms with Crippen molar-refractivity contribution in [1.29, 1.82) is 0 Å². The van der Waals surface area contributed by atoms with E-state index < -0.39 is 0 Å². The fraction of sp³-hybridized carbons (Fsp3) is 0.375. The molecule has 3 nitrogen and oxygen atoms in total. The van der Waals surface area contributed by atoms with E-state index in [0.29, 0.717) is 11.9 Å². The molecule has 0 aromatic carbocycles. The van der Waals surface area contributed by atoms with Crippen molar-refractivity contribution >= 4 is 23.9 Å². The van der Waals surface area contributed by atoms with Gasteiger partial charge in [-0.15, -0.1) is 12.4 Å². The van der Waals surface area contributed by atoms with Crippen LogP contribution in [0.15, 0.2) is 18.3 Å². The molecule has 0 unspecified atom stereocenters. The average Bonchev–Trinajstić information content (AvgIpc) is 2.78. The second-order valence-corrected chi connectivity index (χ2v) is 2.85. The van der Waals surface area contributed by atoms with E-state index in [2.05, 4.69) is 10.3 Å². The zero-order chi connectivity index (χ0) is 7.68. The van der Waals surface area contributed by atoms with E-state index in [-0.39, 0.29) is 12.4 Å². The van der Waals surface area contributed by atoms with E-state index >= 15 is 0 Å². The molecule has 1 aliphatic carbocycles. The molecule has 66 valence electrons. The first-order valence-electron chi connectivity index (χ1n) is 3.83. The van der Waals surface area contributed by atoms with Gasteiger partial charge < -0.3 is 11.1 Å². The van der Waals surface area contributed by atoms with Crippen LogP contribution in [0, 0.1) is 0 Å². The van der Waals surface area contributed by atoms with Crippen LogP contribution < -0.4 is 11.1 Å². The lowest BCUT2D eigenvalue weighted by Crippen LogP contribution is -2.04. The summed E-state index contributed by atoms with van der Waals surface area (Å²) in [5.41, 5.74) is 6.59. The Morgan fingerprint density at radius 1 is 1.50 bits per heavy atom. The third-order valence-corrected chi connectivity index (χ3v) is 1.78. The van der Waals surface area contributed by atoms with Gasteiger partial charge >= 0.3 is 0 Å². The van der Waals surface area contributed by atoms with Gasteiger partial charge in [0, 0.05) is 12.2 Å². The average molecular weight is 186 g/mol. The van der Waals surface area contributed by atoms with E-state index in [9.17, 15) is 0 Å². The molecule has 0 atom stereocenters. The Morgan fingerprint density at radius 3 is 2.83 bits per heavy atom. The predicted octanol–water partition coefficient (Wildman–Crippen LogP) is 1.66. The van der Waals surface area contributed by atoms with E-state index in [1.807, 2.05) is 12.1 Å². The minimum Gasteiger partial charge on any atom is -0.382 e. The lowest BCUT2D eigenvalue weighted by atomic mass is 10.4. The number of nitrogens with zero attached hydrogens (tertiary/aromatic N) is 1. The van der Waals surface area contributed by atoms with Crippen LogP contribution >= 0.6 is 12.4 Å². The Balaban J connectivity index is 0.000000720. The Bertz CT molecular complexity index is 260. The normalized spacial score (nSPS) is 15.0. The quantitative estimate of drug-likeness (QED) is 0.737. The summed E-state index contributed by atoms with van der Waals surface area (Å²) in [7, 11) is 0. The number of halogens is 1. The Hall–Kier alpha value is -0.960. The van der Waals surface area contributed by atoms with Gasteiger partial charge in [0.05, 0.1) is 5.69 Å².